The molecule has 8 heteroatoms. The molecule has 0 N–H and O–H groups in total. The lowest BCUT2D eigenvalue weighted by atomic mass is 9.97. The summed E-state index contributed by atoms with van der Waals surface area (Å²) in [5.41, 5.74) is 1.17. The molecule has 0 fully saturated rings. The highest BCUT2D eigenvalue weighted by atomic mass is 35.5. The maximum atomic E-state index is 13.2. The van der Waals surface area contributed by atoms with Gasteiger partial charge >= 0.3 is 0 Å². The van der Waals surface area contributed by atoms with Gasteiger partial charge in [-0.15, -0.1) is 22.7 Å². The van der Waals surface area contributed by atoms with Crippen LogP contribution in [0.2, 0.25) is 5.02 Å². The molecule has 1 aliphatic rings. The van der Waals surface area contributed by atoms with Crippen molar-refractivity contribution in [2.75, 3.05) is 6.54 Å². The van der Waals surface area contributed by atoms with Crippen LogP contribution >= 0.6 is 34.3 Å². The van der Waals surface area contributed by atoms with Crippen LogP contribution in [-0.4, -0.2) is 22.3 Å². The van der Waals surface area contributed by atoms with Crippen molar-refractivity contribution in [3.8, 4) is 0 Å². The van der Waals surface area contributed by atoms with Crippen LogP contribution in [0.15, 0.2) is 47.2 Å². The van der Waals surface area contributed by atoms with Gasteiger partial charge < -0.3 is 4.90 Å². The summed E-state index contributed by atoms with van der Waals surface area (Å²) in [7, 11) is 0. The summed E-state index contributed by atoms with van der Waals surface area (Å²) in [4.78, 5) is 27.9. The van der Waals surface area contributed by atoms with Crippen molar-refractivity contribution in [2.24, 2.45) is 0 Å². The number of rotatable bonds is 3. The van der Waals surface area contributed by atoms with Gasteiger partial charge in [-0.05, 0) is 47.0 Å². The number of fused-ring (bicyclic) bond motifs is 1. The van der Waals surface area contributed by atoms with E-state index in [2.05, 4.69) is 6.07 Å². The van der Waals surface area contributed by atoms with E-state index in [9.17, 15) is 14.9 Å². The smallest absolute Gasteiger partial charge is 0.288 e. The number of hydrogen-bond acceptors (Lipinski definition) is 5. The van der Waals surface area contributed by atoms with E-state index >= 15 is 0 Å². The number of benzene rings is 1. The van der Waals surface area contributed by atoms with Gasteiger partial charge in [-0.25, -0.2) is 0 Å². The lowest BCUT2D eigenvalue weighted by molar-refractivity contribution is -0.384. The maximum absolute atomic E-state index is 13.2. The Morgan fingerprint density at radius 3 is 2.81 bits per heavy atom. The van der Waals surface area contributed by atoms with Gasteiger partial charge in [0, 0.05) is 27.9 Å². The van der Waals surface area contributed by atoms with Crippen molar-refractivity contribution < 1.29 is 9.72 Å². The first-order valence-corrected chi connectivity index (χ1v) is 10.0. The molecular formula is C18H13ClN2O3S2. The molecule has 26 heavy (non-hydrogen) atoms. The fraction of sp³-hybridized carbons (Fsp3) is 0.167. The molecule has 0 saturated carbocycles. The van der Waals surface area contributed by atoms with Crippen LogP contribution in [0.4, 0.5) is 5.69 Å². The number of nitro groups is 1. The van der Waals surface area contributed by atoms with E-state index in [0.717, 1.165) is 16.9 Å². The zero-order valence-corrected chi connectivity index (χ0v) is 15.8. The third kappa shape index (κ3) is 2.92. The largest absolute Gasteiger partial charge is 0.326 e. The highest BCUT2D eigenvalue weighted by molar-refractivity contribution is 7.10. The Hall–Kier alpha value is -2.22. The van der Waals surface area contributed by atoms with Crippen molar-refractivity contribution in [1.29, 1.82) is 0 Å². The third-order valence-corrected chi connectivity index (χ3v) is 6.67. The normalized spacial score (nSPS) is 16.3. The molecule has 2 aromatic heterocycles. The molecule has 1 atom stereocenters. The maximum Gasteiger partial charge on any atom is 0.288 e. The van der Waals surface area contributed by atoms with Crippen molar-refractivity contribution in [2.45, 2.75) is 12.5 Å². The van der Waals surface area contributed by atoms with E-state index in [4.69, 9.17) is 11.6 Å². The van der Waals surface area contributed by atoms with Crippen LogP contribution in [0.3, 0.4) is 0 Å². The number of amides is 1. The van der Waals surface area contributed by atoms with Crippen LogP contribution in [0.5, 0.6) is 0 Å². The molecular weight excluding hydrogens is 392 g/mol. The number of thiophene rings is 2. The minimum absolute atomic E-state index is 0.0279. The number of nitro benzene ring substituents is 1. The molecule has 1 aromatic carbocycles. The molecule has 0 saturated heterocycles. The second-order valence-corrected chi connectivity index (χ2v) is 8.28. The SMILES string of the molecule is O=C(c1ccc(Cl)c([N+](=O)[O-])c1)N1CCc2sccc2[C@@H]1c1cccs1. The highest BCUT2D eigenvalue weighted by Gasteiger charge is 2.34. The summed E-state index contributed by atoms with van der Waals surface area (Å²) in [5.74, 6) is -0.222. The van der Waals surface area contributed by atoms with Crippen molar-refractivity contribution in [1.82, 2.24) is 4.90 Å². The zero-order chi connectivity index (χ0) is 18.3. The zero-order valence-electron chi connectivity index (χ0n) is 13.4. The minimum atomic E-state index is -0.566. The molecule has 5 nitrogen and oxygen atoms in total. The first-order valence-electron chi connectivity index (χ1n) is 7.91. The van der Waals surface area contributed by atoms with Crippen molar-refractivity contribution in [3.05, 3.63) is 83.2 Å². The molecule has 3 aromatic rings. The van der Waals surface area contributed by atoms with Gasteiger partial charge in [-0.3, -0.25) is 14.9 Å². The predicted molar refractivity (Wildman–Crippen MR) is 103 cm³/mol. The van der Waals surface area contributed by atoms with Crippen LogP contribution in [0, 0.1) is 10.1 Å². The number of nitrogens with zero attached hydrogens (tertiary/aromatic N) is 2. The molecule has 1 amide bonds. The molecule has 1 aliphatic heterocycles. The lowest BCUT2D eigenvalue weighted by Crippen LogP contribution is -2.39. The molecule has 4 rings (SSSR count). The second kappa shape index (κ2) is 6.83. The molecule has 0 bridgehead atoms. The molecule has 0 unspecified atom stereocenters. The number of hydrogen-bond donors (Lipinski definition) is 0. The summed E-state index contributed by atoms with van der Waals surface area (Å²) >= 11 is 9.19. The van der Waals surface area contributed by atoms with Gasteiger partial charge in [0.1, 0.15) is 5.02 Å². The summed E-state index contributed by atoms with van der Waals surface area (Å²) in [6, 6.07) is 10.1. The fourth-order valence-electron chi connectivity index (χ4n) is 3.24. The van der Waals surface area contributed by atoms with E-state index < -0.39 is 4.92 Å². The predicted octanol–water partition coefficient (Wildman–Crippen LogP) is 5.16. The Morgan fingerprint density at radius 1 is 1.23 bits per heavy atom. The van der Waals surface area contributed by atoms with Gasteiger partial charge in [0.15, 0.2) is 0 Å². The number of halogens is 1. The summed E-state index contributed by atoms with van der Waals surface area (Å²) in [6.07, 6.45) is 0.788. The molecule has 3 heterocycles. The Labute approximate surface area is 162 Å². The highest BCUT2D eigenvalue weighted by Crippen LogP contribution is 2.40. The quantitative estimate of drug-likeness (QED) is 0.447. The molecule has 0 aliphatic carbocycles. The van der Waals surface area contributed by atoms with Gasteiger partial charge in [0.05, 0.1) is 11.0 Å². The van der Waals surface area contributed by atoms with E-state index in [1.165, 1.54) is 17.0 Å². The topological polar surface area (TPSA) is 63.4 Å². The van der Waals surface area contributed by atoms with E-state index in [0.29, 0.717) is 6.54 Å². The summed E-state index contributed by atoms with van der Waals surface area (Å²) in [5, 5.41) is 15.2. The summed E-state index contributed by atoms with van der Waals surface area (Å²) in [6.45, 7) is 0.575. The van der Waals surface area contributed by atoms with Gasteiger partial charge in [-0.1, -0.05) is 17.7 Å². The average Bonchev–Trinajstić information content (AvgIpc) is 3.32. The van der Waals surface area contributed by atoms with Crippen molar-refractivity contribution in [3.63, 3.8) is 0 Å². The van der Waals surface area contributed by atoms with Crippen LogP contribution in [0.1, 0.15) is 31.7 Å². The van der Waals surface area contributed by atoms with E-state index in [-0.39, 0.29) is 28.2 Å². The van der Waals surface area contributed by atoms with Gasteiger partial charge in [-0.2, -0.15) is 0 Å². The molecule has 0 spiro atoms. The standard InChI is InChI=1S/C18H13ClN2O3S2/c19-13-4-3-11(10-14(13)21(23)24)18(22)20-7-5-15-12(6-9-26-15)17(20)16-2-1-8-25-16/h1-4,6,8-10,17H,5,7H2/t17-/m1/s1. The van der Waals surface area contributed by atoms with Crippen molar-refractivity contribution >= 4 is 45.9 Å². The lowest BCUT2D eigenvalue weighted by Gasteiger charge is -2.35. The average molecular weight is 405 g/mol. The fourth-order valence-corrected chi connectivity index (χ4v) is 5.19. The van der Waals surface area contributed by atoms with E-state index in [1.54, 1.807) is 33.6 Å². The number of carbonyl (C=O) groups excluding carboxylic acids is 1. The van der Waals surface area contributed by atoms with Crippen LogP contribution in [-0.2, 0) is 6.42 Å². The molecule has 132 valence electrons. The minimum Gasteiger partial charge on any atom is -0.326 e. The Kier molecular flexibility index (Phi) is 4.52. The van der Waals surface area contributed by atoms with Gasteiger partial charge in [0.2, 0.25) is 0 Å². The van der Waals surface area contributed by atoms with E-state index in [1.807, 2.05) is 22.9 Å². The Morgan fingerprint density at radius 2 is 2.08 bits per heavy atom. The first kappa shape index (κ1) is 17.2. The summed E-state index contributed by atoms with van der Waals surface area (Å²) < 4.78 is 0. The van der Waals surface area contributed by atoms with Gasteiger partial charge in [0.25, 0.3) is 11.6 Å². The van der Waals surface area contributed by atoms with Crippen LogP contribution in [0.25, 0.3) is 0 Å². The Balaban J connectivity index is 1.76. The first-order chi connectivity index (χ1) is 12.6. The number of carbonyl (C=O) groups is 1. The van der Waals surface area contributed by atoms with Crippen LogP contribution < -0.4 is 0 Å². The molecule has 0 radical (unpaired) electrons. The Bertz CT molecular complexity index is 984. The monoisotopic (exact) mass is 404 g/mol. The third-order valence-electron chi connectivity index (χ3n) is 4.43. The second-order valence-electron chi connectivity index (χ2n) is 5.89.